The summed E-state index contributed by atoms with van der Waals surface area (Å²) in [4.78, 5) is 43.5. The van der Waals surface area contributed by atoms with E-state index in [0.717, 1.165) is 5.56 Å². The Hall–Kier alpha value is -2.97. The molecule has 0 bridgehead atoms. The predicted molar refractivity (Wildman–Crippen MR) is 113 cm³/mol. The number of fused-ring (bicyclic) bond motifs is 2. The molecular weight excluding hydrogens is 412 g/mol. The summed E-state index contributed by atoms with van der Waals surface area (Å²) < 4.78 is 11.7. The van der Waals surface area contributed by atoms with E-state index in [9.17, 15) is 19.5 Å². The van der Waals surface area contributed by atoms with Crippen LogP contribution >= 0.6 is 0 Å². The first-order valence-corrected chi connectivity index (χ1v) is 11.0. The van der Waals surface area contributed by atoms with E-state index in [1.165, 1.54) is 4.90 Å². The van der Waals surface area contributed by atoms with Crippen LogP contribution in [0.5, 0.6) is 0 Å². The van der Waals surface area contributed by atoms with Crippen molar-refractivity contribution in [3.8, 4) is 0 Å². The third-order valence-corrected chi connectivity index (χ3v) is 6.77. The van der Waals surface area contributed by atoms with Gasteiger partial charge in [0.2, 0.25) is 11.8 Å². The van der Waals surface area contributed by atoms with Crippen molar-refractivity contribution in [1.29, 1.82) is 0 Å². The Morgan fingerprint density at radius 3 is 2.69 bits per heavy atom. The third-order valence-electron chi connectivity index (χ3n) is 6.77. The number of aliphatic hydroxyl groups excluding tert-OH is 1. The summed E-state index contributed by atoms with van der Waals surface area (Å²) in [5.41, 5.74) is -0.262. The fraction of sp³-hybridized carbons (Fsp3) is 0.458. The Morgan fingerprint density at radius 1 is 1.09 bits per heavy atom. The summed E-state index contributed by atoms with van der Waals surface area (Å²) in [7, 11) is 0. The van der Waals surface area contributed by atoms with E-state index >= 15 is 0 Å². The second-order valence-electron chi connectivity index (χ2n) is 8.62. The number of carbonyl (C=O) groups is 3. The zero-order valence-corrected chi connectivity index (χ0v) is 17.6. The summed E-state index contributed by atoms with van der Waals surface area (Å²) in [6, 6.07) is 8.76. The molecule has 0 saturated carbocycles. The molecule has 5 rings (SSSR count). The van der Waals surface area contributed by atoms with E-state index < -0.39 is 35.6 Å². The van der Waals surface area contributed by atoms with Crippen LogP contribution in [0.4, 0.5) is 0 Å². The van der Waals surface area contributed by atoms with Crippen molar-refractivity contribution in [2.45, 2.75) is 30.7 Å². The van der Waals surface area contributed by atoms with Gasteiger partial charge in [-0.05, 0) is 18.1 Å². The number of hydrogen-bond donors (Lipinski definition) is 1. The molecule has 1 spiro atoms. The molecular formula is C24H26N2O6. The molecule has 32 heavy (non-hydrogen) atoms. The van der Waals surface area contributed by atoms with Crippen LogP contribution in [0.3, 0.4) is 0 Å². The second kappa shape index (κ2) is 8.18. The first kappa shape index (κ1) is 20.9. The van der Waals surface area contributed by atoms with Gasteiger partial charge in [0, 0.05) is 26.2 Å². The molecule has 2 fully saturated rings. The van der Waals surface area contributed by atoms with Crippen LogP contribution in [0.25, 0.3) is 0 Å². The highest BCUT2D eigenvalue weighted by molar-refractivity contribution is 5.99. The summed E-state index contributed by atoms with van der Waals surface area (Å²) in [5, 5.41) is 9.38. The number of aliphatic hydroxyl groups is 1. The molecule has 4 aliphatic rings. The van der Waals surface area contributed by atoms with Gasteiger partial charge in [0.05, 0.1) is 12.0 Å². The van der Waals surface area contributed by atoms with E-state index in [4.69, 9.17) is 9.47 Å². The monoisotopic (exact) mass is 438 g/mol. The quantitative estimate of drug-likeness (QED) is 0.536. The lowest BCUT2D eigenvalue weighted by Crippen LogP contribution is -2.55. The van der Waals surface area contributed by atoms with Crippen molar-refractivity contribution in [3.05, 3.63) is 60.2 Å². The number of carbonyl (C=O) groups excluding carboxylic acids is 3. The average molecular weight is 438 g/mol. The van der Waals surface area contributed by atoms with Gasteiger partial charge in [-0.3, -0.25) is 14.4 Å². The summed E-state index contributed by atoms with van der Waals surface area (Å²) in [5.74, 6) is -2.65. The summed E-state index contributed by atoms with van der Waals surface area (Å²) in [6.07, 6.45) is 6.84. The van der Waals surface area contributed by atoms with Crippen LogP contribution in [0.2, 0.25) is 0 Å². The molecule has 1 N–H and O–H groups in total. The lowest BCUT2D eigenvalue weighted by molar-refractivity contribution is -0.153. The maximum Gasteiger partial charge on any atom is 0.313 e. The molecule has 8 nitrogen and oxygen atoms in total. The number of benzene rings is 1. The van der Waals surface area contributed by atoms with Crippen LogP contribution in [0.15, 0.2) is 54.6 Å². The molecule has 4 heterocycles. The van der Waals surface area contributed by atoms with Gasteiger partial charge < -0.3 is 24.4 Å². The van der Waals surface area contributed by atoms with Crippen molar-refractivity contribution >= 4 is 17.8 Å². The van der Waals surface area contributed by atoms with E-state index in [0.29, 0.717) is 19.5 Å². The lowest BCUT2D eigenvalue weighted by atomic mass is 9.78. The zero-order chi connectivity index (χ0) is 22.3. The van der Waals surface area contributed by atoms with Crippen molar-refractivity contribution in [3.63, 3.8) is 0 Å². The molecule has 1 aromatic carbocycles. The fourth-order valence-electron chi connectivity index (χ4n) is 5.44. The molecule has 0 aromatic heterocycles. The predicted octanol–water partition coefficient (Wildman–Crippen LogP) is 0.661. The number of cyclic esters (lactones) is 1. The Labute approximate surface area is 186 Å². The minimum Gasteiger partial charge on any atom is -0.461 e. The maximum atomic E-state index is 13.9. The summed E-state index contributed by atoms with van der Waals surface area (Å²) in [6.45, 7) is 1.02. The Kier molecular flexibility index (Phi) is 5.35. The fourth-order valence-corrected chi connectivity index (χ4v) is 5.44. The molecule has 1 aromatic rings. The maximum absolute atomic E-state index is 13.9. The van der Waals surface area contributed by atoms with Crippen molar-refractivity contribution in [2.75, 3.05) is 26.3 Å². The first-order valence-electron chi connectivity index (χ1n) is 11.0. The van der Waals surface area contributed by atoms with E-state index in [-0.39, 0.29) is 31.6 Å². The van der Waals surface area contributed by atoms with Gasteiger partial charge in [0.15, 0.2) is 0 Å². The van der Waals surface area contributed by atoms with Gasteiger partial charge >= 0.3 is 5.97 Å². The van der Waals surface area contributed by atoms with Crippen LogP contribution in [-0.2, 0) is 30.4 Å². The highest BCUT2D eigenvalue weighted by Gasteiger charge is 2.71. The lowest BCUT2D eigenvalue weighted by Gasteiger charge is -2.35. The van der Waals surface area contributed by atoms with E-state index in [2.05, 4.69) is 0 Å². The topological polar surface area (TPSA) is 96.4 Å². The number of esters is 1. The minimum atomic E-state index is -1.24. The van der Waals surface area contributed by atoms with Crippen LogP contribution in [0, 0.1) is 11.8 Å². The smallest absolute Gasteiger partial charge is 0.313 e. The van der Waals surface area contributed by atoms with Crippen LogP contribution in [-0.4, -0.2) is 76.7 Å². The van der Waals surface area contributed by atoms with Gasteiger partial charge in [-0.15, -0.1) is 0 Å². The molecule has 5 atom stereocenters. The largest absolute Gasteiger partial charge is 0.461 e. The van der Waals surface area contributed by atoms with E-state index in [1.54, 1.807) is 23.1 Å². The SMILES string of the molecule is O=C1OCC=C[C@H]2OC34C=CCN(Cc5ccccc5)C(=O)[C@H]3N(CCCO)C(=O)[C@@H]4[C@@H]12. The Balaban J connectivity index is 1.55. The van der Waals surface area contributed by atoms with Gasteiger partial charge in [-0.1, -0.05) is 48.6 Å². The zero-order valence-electron chi connectivity index (χ0n) is 17.6. The first-order chi connectivity index (χ1) is 15.6. The number of hydrogen-bond acceptors (Lipinski definition) is 6. The molecule has 1 unspecified atom stereocenters. The minimum absolute atomic E-state index is 0.108. The highest BCUT2D eigenvalue weighted by atomic mass is 16.6. The standard InChI is InChI=1S/C24H26N2O6/c27-13-6-12-26-20-22(29)25(15-16-7-2-1-3-8-16)11-5-10-24(20)19(21(26)28)18-17(32-24)9-4-14-31-23(18)30/h1-5,7-10,17-20,27H,6,11-15H2/t17-,18+,19+,20-,24?/m1/s1. The number of rotatable bonds is 5. The molecule has 0 radical (unpaired) electrons. The Morgan fingerprint density at radius 2 is 1.91 bits per heavy atom. The van der Waals surface area contributed by atoms with Gasteiger partial charge in [0.1, 0.15) is 24.2 Å². The number of ether oxygens (including phenoxy) is 2. The molecule has 168 valence electrons. The Bertz CT molecular complexity index is 976. The van der Waals surface area contributed by atoms with Crippen molar-refractivity contribution in [2.24, 2.45) is 11.8 Å². The van der Waals surface area contributed by atoms with Crippen LogP contribution < -0.4 is 0 Å². The molecule has 4 aliphatic heterocycles. The third kappa shape index (κ3) is 3.17. The van der Waals surface area contributed by atoms with Gasteiger partial charge in [-0.2, -0.15) is 0 Å². The van der Waals surface area contributed by atoms with E-state index in [1.807, 2.05) is 36.4 Å². The van der Waals surface area contributed by atoms with Crippen molar-refractivity contribution < 1.29 is 29.0 Å². The number of amides is 2. The second-order valence-corrected chi connectivity index (χ2v) is 8.62. The molecule has 0 aliphatic carbocycles. The van der Waals surface area contributed by atoms with Gasteiger partial charge in [0.25, 0.3) is 0 Å². The highest BCUT2D eigenvalue weighted by Crippen LogP contribution is 2.53. The molecule has 2 amide bonds. The average Bonchev–Trinajstić information content (AvgIpc) is 3.09. The summed E-state index contributed by atoms with van der Waals surface area (Å²) >= 11 is 0. The number of likely N-dealkylation sites (tertiary alicyclic amines) is 1. The number of nitrogens with zero attached hydrogens (tertiary/aromatic N) is 2. The molecule has 8 heteroatoms. The van der Waals surface area contributed by atoms with Crippen LogP contribution in [0.1, 0.15) is 12.0 Å². The van der Waals surface area contributed by atoms with Crippen molar-refractivity contribution in [1.82, 2.24) is 9.80 Å². The normalized spacial score (nSPS) is 33.5. The van der Waals surface area contributed by atoms with Gasteiger partial charge in [-0.25, -0.2) is 0 Å². The molecule has 2 saturated heterocycles.